The van der Waals surface area contributed by atoms with Gasteiger partial charge in [0, 0.05) is 30.4 Å². The monoisotopic (exact) mass is 269 g/mol. The van der Waals surface area contributed by atoms with Crippen LogP contribution in [0.25, 0.3) is 0 Å². The summed E-state index contributed by atoms with van der Waals surface area (Å²) in [6.07, 6.45) is 0. The van der Waals surface area contributed by atoms with Crippen LogP contribution in [0.4, 0.5) is 5.69 Å². The van der Waals surface area contributed by atoms with Crippen LogP contribution in [0.1, 0.15) is 11.1 Å². The number of ether oxygens (including phenoxy) is 1. The molecule has 3 N–H and O–H groups in total. The smallest absolute Gasteiger partial charge is 0.123 e. The number of rotatable bonds is 5. The van der Waals surface area contributed by atoms with E-state index in [0.29, 0.717) is 12.1 Å². The molecule has 0 saturated heterocycles. The fraction of sp³-hybridized carbons (Fsp3) is 0.188. The second-order valence-corrected chi connectivity index (χ2v) is 4.63. The molecule has 0 unspecified atom stereocenters. The summed E-state index contributed by atoms with van der Waals surface area (Å²) in [4.78, 5) is 2.13. The number of nitrogens with two attached hydrogens (primary N) is 1. The lowest BCUT2D eigenvalue weighted by atomic mass is 10.1. The number of amidine groups is 1. The predicted molar refractivity (Wildman–Crippen MR) is 82.6 cm³/mol. The first kappa shape index (κ1) is 13.9. The molecule has 20 heavy (non-hydrogen) atoms. The van der Waals surface area contributed by atoms with Gasteiger partial charge in [-0.2, -0.15) is 0 Å². The number of hydrogen-bond acceptors (Lipinski definition) is 3. The van der Waals surface area contributed by atoms with Crippen molar-refractivity contribution in [1.29, 1.82) is 5.41 Å². The molecule has 0 saturated carbocycles. The standard InChI is InChI=1S/C16H19N3O/c1-19(14-6-4-3-5-7-14)11-13-10-12(16(17)18)8-9-15(13)20-2/h3-10H,11H2,1-2H3,(H3,17,18). The molecule has 2 aromatic rings. The zero-order valence-corrected chi connectivity index (χ0v) is 11.8. The summed E-state index contributed by atoms with van der Waals surface area (Å²) in [6, 6.07) is 15.7. The molecule has 0 bridgehead atoms. The quantitative estimate of drug-likeness (QED) is 0.648. The van der Waals surface area contributed by atoms with Crippen molar-refractivity contribution in [3.05, 3.63) is 59.7 Å². The molecule has 0 radical (unpaired) electrons. The van der Waals surface area contributed by atoms with E-state index in [0.717, 1.165) is 17.0 Å². The lowest BCUT2D eigenvalue weighted by Gasteiger charge is -2.21. The van der Waals surface area contributed by atoms with Gasteiger partial charge in [0.1, 0.15) is 11.6 Å². The zero-order chi connectivity index (χ0) is 14.5. The van der Waals surface area contributed by atoms with Crippen molar-refractivity contribution in [2.24, 2.45) is 5.73 Å². The lowest BCUT2D eigenvalue weighted by Crippen LogP contribution is -2.18. The summed E-state index contributed by atoms with van der Waals surface area (Å²) >= 11 is 0. The van der Waals surface area contributed by atoms with Crippen molar-refractivity contribution >= 4 is 11.5 Å². The van der Waals surface area contributed by atoms with Crippen LogP contribution < -0.4 is 15.4 Å². The van der Waals surface area contributed by atoms with Crippen LogP contribution in [0.2, 0.25) is 0 Å². The highest BCUT2D eigenvalue weighted by molar-refractivity contribution is 5.95. The Hall–Kier alpha value is -2.49. The van der Waals surface area contributed by atoms with Gasteiger partial charge in [0.2, 0.25) is 0 Å². The summed E-state index contributed by atoms with van der Waals surface area (Å²) in [5.41, 5.74) is 8.39. The Balaban J connectivity index is 2.27. The molecule has 0 aliphatic carbocycles. The Labute approximate surface area is 119 Å². The summed E-state index contributed by atoms with van der Waals surface area (Å²) in [5, 5.41) is 7.53. The van der Waals surface area contributed by atoms with Gasteiger partial charge in [0.05, 0.1) is 7.11 Å². The van der Waals surface area contributed by atoms with Crippen LogP contribution in [0, 0.1) is 5.41 Å². The highest BCUT2D eigenvalue weighted by Crippen LogP contribution is 2.23. The van der Waals surface area contributed by atoms with E-state index in [9.17, 15) is 0 Å². The van der Waals surface area contributed by atoms with E-state index in [1.807, 2.05) is 37.4 Å². The molecule has 0 aliphatic rings. The van der Waals surface area contributed by atoms with E-state index in [2.05, 4.69) is 17.0 Å². The third-order valence-electron chi connectivity index (χ3n) is 3.20. The summed E-state index contributed by atoms with van der Waals surface area (Å²) in [6.45, 7) is 0.689. The van der Waals surface area contributed by atoms with Gasteiger partial charge in [-0.25, -0.2) is 0 Å². The van der Waals surface area contributed by atoms with Crippen LogP contribution in [0.5, 0.6) is 5.75 Å². The van der Waals surface area contributed by atoms with Crippen molar-refractivity contribution in [3.8, 4) is 5.75 Å². The maximum Gasteiger partial charge on any atom is 0.123 e. The third kappa shape index (κ3) is 3.09. The first-order valence-corrected chi connectivity index (χ1v) is 6.39. The first-order chi connectivity index (χ1) is 9.61. The molecule has 0 amide bonds. The van der Waals surface area contributed by atoms with E-state index < -0.39 is 0 Å². The molecule has 2 aromatic carbocycles. The highest BCUT2D eigenvalue weighted by atomic mass is 16.5. The van der Waals surface area contributed by atoms with E-state index >= 15 is 0 Å². The molecule has 0 spiro atoms. The highest BCUT2D eigenvalue weighted by Gasteiger charge is 2.09. The number of methoxy groups -OCH3 is 1. The fourth-order valence-corrected chi connectivity index (χ4v) is 2.10. The third-order valence-corrected chi connectivity index (χ3v) is 3.20. The van der Waals surface area contributed by atoms with Gasteiger partial charge in [-0.1, -0.05) is 18.2 Å². The van der Waals surface area contributed by atoms with Crippen molar-refractivity contribution < 1.29 is 4.74 Å². The zero-order valence-electron chi connectivity index (χ0n) is 11.8. The Kier molecular flexibility index (Phi) is 4.25. The summed E-state index contributed by atoms with van der Waals surface area (Å²) in [7, 11) is 3.67. The molecule has 0 aromatic heterocycles. The molecule has 0 heterocycles. The molecule has 0 aliphatic heterocycles. The molecular formula is C16H19N3O. The Morgan fingerprint density at radius 3 is 2.50 bits per heavy atom. The van der Waals surface area contributed by atoms with Gasteiger partial charge in [-0.05, 0) is 30.3 Å². The molecule has 104 valence electrons. The number of hydrogen-bond donors (Lipinski definition) is 2. The molecular weight excluding hydrogens is 250 g/mol. The van der Waals surface area contributed by atoms with Crippen LogP contribution in [-0.4, -0.2) is 20.0 Å². The fourth-order valence-electron chi connectivity index (χ4n) is 2.10. The van der Waals surface area contributed by atoms with Gasteiger partial charge >= 0.3 is 0 Å². The summed E-state index contributed by atoms with van der Waals surface area (Å²) < 4.78 is 5.38. The van der Waals surface area contributed by atoms with Gasteiger partial charge in [-0.3, -0.25) is 5.41 Å². The van der Waals surface area contributed by atoms with Crippen LogP contribution in [0.15, 0.2) is 48.5 Å². The first-order valence-electron chi connectivity index (χ1n) is 6.39. The second kappa shape index (κ2) is 6.10. The van der Waals surface area contributed by atoms with Crippen molar-refractivity contribution in [1.82, 2.24) is 0 Å². The van der Waals surface area contributed by atoms with Crippen LogP contribution in [-0.2, 0) is 6.54 Å². The Morgan fingerprint density at radius 1 is 1.20 bits per heavy atom. The minimum Gasteiger partial charge on any atom is -0.496 e. The van der Waals surface area contributed by atoms with E-state index in [1.54, 1.807) is 13.2 Å². The molecule has 0 fully saturated rings. The Bertz CT molecular complexity index is 596. The second-order valence-electron chi connectivity index (χ2n) is 4.63. The minimum absolute atomic E-state index is 0.0660. The van der Waals surface area contributed by atoms with E-state index in [-0.39, 0.29) is 5.84 Å². The molecule has 0 atom stereocenters. The predicted octanol–water partition coefficient (Wildman–Crippen LogP) is 2.62. The number of nitrogens with zero attached hydrogens (tertiary/aromatic N) is 1. The molecule has 4 nitrogen and oxygen atoms in total. The average Bonchev–Trinajstić information content (AvgIpc) is 2.48. The average molecular weight is 269 g/mol. The SMILES string of the molecule is COc1ccc(C(=N)N)cc1CN(C)c1ccccc1. The normalized spacial score (nSPS) is 10.1. The van der Waals surface area contributed by atoms with Crippen molar-refractivity contribution in [2.75, 3.05) is 19.1 Å². The lowest BCUT2D eigenvalue weighted by molar-refractivity contribution is 0.409. The maximum absolute atomic E-state index is 7.53. The number of para-hydroxylation sites is 1. The molecule has 4 heteroatoms. The number of nitrogen functional groups attached to an aromatic ring is 1. The van der Waals surface area contributed by atoms with E-state index in [1.165, 1.54) is 0 Å². The maximum atomic E-state index is 7.53. The van der Waals surface area contributed by atoms with Crippen LogP contribution in [0.3, 0.4) is 0 Å². The topological polar surface area (TPSA) is 62.3 Å². The van der Waals surface area contributed by atoms with Gasteiger partial charge in [0.15, 0.2) is 0 Å². The molecule has 2 rings (SSSR count). The van der Waals surface area contributed by atoms with E-state index in [4.69, 9.17) is 15.9 Å². The van der Waals surface area contributed by atoms with Gasteiger partial charge in [0.25, 0.3) is 0 Å². The number of benzene rings is 2. The van der Waals surface area contributed by atoms with Gasteiger partial charge < -0.3 is 15.4 Å². The van der Waals surface area contributed by atoms with Crippen molar-refractivity contribution in [2.45, 2.75) is 6.54 Å². The minimum atomic E-state index is 0.0660. The van der Waals surface area contributed by atoms with Crippen molar-refractivity contribution in [3.63, 3.8) is 0 Å². The Morgan fingerprint density at radius 2 is 1.90 bits per heavy atom. The summed E-state index contributed by atoms with van der Waals surface area (Å²) in [5.74, 6) is 0.869. The number of nitrogens with one attached hydrogen (secondary N) is 1. The largest absolute Gasteiger partial charge is 0.496 e. The van der Waals surface area contributed by atoms with Crippen LogP contribution >= 0.6 is 0 Å². The number of anilines is 1. The van der Waals surface area contributed by atoms with Gasteiger partial charge in [-0.15, -0.1) is 0 Å².